The van der Waals surface area contributed by atoms with E-state index in [0.29, 0.717) is 6.04 Å². The maximum absolute atomic E-state index is 3.49. The maximum atomic E-state index is 3.49. The van der Waals surface area contributed by atoms with E-state index >= 15 is 0 Å². The van der Waals surface area contributed by atoms with Crippen LogP contribution in [-0.4, -0.2) is 37.1 Å². The summed E-state index contributed by atoms with van der Waals surface area (Å²) in [5.41, 5.74) is 1.47. The predicted octanol–water partition coefficient (Wildman–Crippen LogP) is 2.30. The fraction of sp³-hybridized carbons (Fsp3) is 0.600. The van der Waals surface area contributed by atoms with Gasteiger partial charge in [0, 0.05) is 25.7 Å². The highest BCUT2D eigenvalue weighted by Gasteiger charge is 2.14. The third kappa shape index (κ3) is 4.49. The van der Waals surface area contributed by atoms with Crippen molar-refractivity contribution >= 4 is 0 Å². The molecule has 1 aromatic carbocycles. The van der Waals surface area contributed by atoms with E-state index in [0.717, 1.165) is 6.54 Å². The Hall–Kier alpha value is -0.860. The summed E-state index contributed by atoms with van der Waals surface area (Å²) in [4.78, 5) is 2.59. The zero-order valence-electron chi connectivity index (χ0n) is 10.9. The molecule has 1 heterocycles. The van der Waals surface area contributed by atoms with Crippen LogP contribution >= 0.6 is 0 Å². The van der Waals surface area contributed by atoms with Gasteiger partial charge in [0.1, 0.15) is 0 Å². The van der Waals surface area contributed by atoms with E-state index < -0.39 is 0 Å². The molecule has 1 fully saturated rings. The average Bonchev–Trinajstić information content (AvgIpc) is 2.36. The van der Waals surface area contributed by atoms with Gasteiger partial charge in [0.2, 0.25) is 0 Å². The second-order valence-corrected chi connectivity index (χ2v) is 5.10. The first-order valence-corrected chi connectivity index (χ1v) is 6.84. The van der Waals surface area contributed by atoms with Crippen LogP contribution in [-0.2, 0) is 6.42 Å². The fourth-order valence-corrected chi connectivity index (χ4v) is 2.52. The number of nitrogens with zero attached hydrogens (tertiary/aromatic N) is 1. The second kappa shape index (κ2) is 6.77. The number of unbranched alkanes of at least 4 members (excludes halogenated alkanes) is 1. The molecule has 0 saturated carbocycles. The summed E-state index contributed by atoms with van der Waals surface area (Å²) in [6.45, 7) is 7.12. The summed E-state index contributed by atoms with van der Waals surface area (Å²) in [5, 5.41) is 3.49. The lowest BCUT2D eigenvalue weighted by atomic mass is 10.1. The smallest absolute Gasteiger partial charge is 0.0167 e. The topological polar surface area (TPSA) is 15.3 Å². The molecule has 0 aromatic heterocycles. The predicted molar refractivity (Wildman–Crippen MR) is 73.3 cm³/mol. The summed E-state index contributed by atoms with van der Waals surface area (Å²) >= 11 is 0. The van der Waals surface area contributed by atoms with Crippen LogP contribution in [0.25, 0.3) is 0 Å². The number of rotatable bonds is 5. The number of benzene rings is 1. The Bertz CT molecular complexity index is 310. The zero-order chi connectivity index (χ0) is 11.9. The molecule has 0 aliphatic carbocycles. The van der Waals surface area contributed by atoms with Crippen molar-refractivity contribution in [3.63, 3.8) is 0 Å². The first-order chi connectivity index (χ1) is 8.34. The minimum Gasteiger partial charge on any atom is -0.312 e. The van der Waals surface area contributed by atoms with E-state index in [-0.39, 0.29) is 0 Å². The van der Waals surface area contributed by atoms with Gasteiger partial charge in [-0.1, -0.05) is 30.3 Å². The maximum Gasteiger partial charge on any atom is 0.0167 e. The average molecular weight is 232 g/mol. The molecule has 1 saturated heterocycles. The molecular formula is C15H24N2. The number of aryl methyl sites for hydroxylation is 1. The number of hydrogen-bond acceptors (Lipinski definition) is 2. The Morgan fingerprint density at radius 2 is 2.06 bits per heavy atom. The molecule has 0 spiro atoms. The van der Waals surface area contributed by atoms with E-state index in [9.17, 15) is 0 Å². The van der Waals surface area contributed by atoms with E-state index in [1.165, 1.54) is 44.5 Å². The molecule has 2 nitrogen and oxygen atoms in total. The van der Waals surface area contributed by atoms with Crippen molar-refractivity contribution in [2.24, 2.45) is 0 Å². The summed E-state index contributed by atoms with van der Waals surface area (Å²) in [6.07, 6.45) is 3.85. The first kappa shape index (κ1) is 12.6. The molecule has 1 N–H and O–H groups in total. The highest BCUT2D eigenvalue weighted by atomic mass is 15.2. The highest BCUT2D eigenvalue weighted by Crippen LogP contribution is 2.06. The van der Waals surface area contributed by atoms with Gasteiger partial charge < -0.3 is 10.2 Å². The molecule has 0 bridgehead atoms. The second-order valence-electron chi connectivity index (χ2n) is 5.10. The Morgan fingerprint density at radius 1 is 1.24 bits per heavy atom. The molecular weight excluding hydrogens is 208 g/mol. The highest BCUT2D eigenvalue weighted by molar-refractivity contribution is 5.14. The van der Waals surface area contributed by atoms with Crippen molar-refractivity contribution in [1.29, 1.82) is 0 Å². The number of piperazine rings is 1. The van der Waals surface area contributed by atoms with E-state index in [1.807, 2.05) is 0 Å². The molecule has 0 radical (unpaired) electrons. The van der Waals surface area contributed by atoms with Crippen LogP contribution in [0.1, 0.15) is 25.3 Å². The van der Waals surface area contributed by atoms with Gasteiger partial charge in [-0.25, -0.2) is 0 Å². The van der Waals surface area contributed by atoms with Crippen LogP contribution in [0.2, 0.25) is 0 Å². The minimum atomic E-state index is 0.665. The third-order valence-electron chi connectivity index (χ3n) is 3.49. The molecule has 17 heavy (non-hydrogen) atoms. The number of hydrogen-bond donors (Lipinski definition) is 1. The third-order valence-corrected chi connectivity index (χ3v) is 3.49. The monoisotopic (exact) mass is 232 g/mol. The van der Waals surface area contributed by atoms with Crippen LogP contribution in [0.5, 0.6) is 0 Å². The molecule has 2 rings (SSSR count). The molecule has 1 atom stereocenters. The van der Waals surface area contributed by atoms with Crippen molar-refractivity contribution in [3.05, 3.63) is 35.9 Å². The van der Waals surface area contributed by atoms with Gasteiger partial charge in [-0.3, -0.25) is 0 Å². The van der Waals surface area contributed by atoms with Crippen LogP contribution in [0.4, 0.5) is 0 Å². The van der Waals surface area contributed by atoms with Crippen molar-refractivity contribution in [1.82, 2.24) is 10.2 Å². The quantitative estimate of drug-likeness (QED) is 0.784. The van der Waals surface area contributed by atoms with E-state index in [4.69, 9.17) is 0 Å². The van der Waals surface area contributed by atoms with Gasteiger partial charge in [-0.05, 0) is 38.3 Å². The van der Waals surface area contributed by atoms with Crippen LogP contribution < -0.4 is 5.32 Å². The largest absolute Gasteiger partial charge is 0.312 e. The van der Waals surface area contributed by atoms with Gasteiger partial charge in [0.15, 0.2) is 0 Å². The van der Waals surface area contributed by atoms with Crippen LogP contribution in [0.15, 0.2) is 30.3 Å². The SMILES string of the molecule is C[C@@H]1CN(CCCCc2ccccc2)CCN1. The zero-order valence-corrected chi connectivity index (χ0v) is 10.9. The lowest BCUT2D eigenvalue weighted by molar-refractivity contribution is 0.204. The molecule has 94 valence electrons. The van der Waals surface area contributed by atoms with E-state index in [2.05, 4.69) is 47.5 Å². The molecule has 1 aliphatic heterocycles. The Kier molecular flexibility index (Phi) is 5.02. The van der Waals surface area contributed by atoms with Gasteiger partial charge in [0.05, 0.1) is 0 Å². The molecule has 0 amide bonds. The lowest BCUT2D eigenvalue weighted by Gasteiger charge is -2.31. The standard InChI is InChI=1S/C15H24N2/c1-14-13-17(12-10-16-14)11-6-5-9-15-7-3-2-4-8-15/h2-4,7-8,14,16H,5-6,9-13H2,1H3/t14-/m1/s1. The summed E-state index contributed by atoms with van der Waals surface area (Å²) < 4.78 is 0. The summed E-state index contributed by atoms with van der Waals surface area (Å²) in [5.74, 6) is 0. The van der Waals surface area contributed by atoms with Gasteiger partial charge in [-0.2, -0.15) is 0 Å². The van der Waals surface area contributed by atoms with Crippen LogP contribution in [0.3, 0.4) is 0 Å². The Labute approximate surface area is 105 Å². The van der Waals surface area contributed by atoms with E-state index in [1.54, 1.807) is 0 Å². The lowest BCUT2D eigenvalue weighted by Crippen LogP contribution is -2.49. The normalized spacial score (nSPS) is 21.6. The van der Waals surface area contributed by atoms with Crippen molar-refractivity contribution in [2.75, 3.05) is 26.2 Å². The molecule has 2 heteroatoms. The van der Waals surface area contributed by atoms with Crippen molar-refractivity contribution < 1.29 is 0 Å². The summed E-state index contributed by atoms with van der Waals surface area (Å²) in [6, 6.07) is 11.5. The van der Waals surface area contributed by atoms with Crippen molar-refractivity contribution in [2.45, 2.75) is 32.2 Å². The van der Waals surface area contributed by atoms with Crippen LogP contribution in [0, 0.1) is 0 Å². The molecule has 0 unspecified atom stereocenters. The van der Waals surface area contributed by atoms with Gasteiger partial charge in [-0.15, -0.1) is 0 Å². The molecule has 1 aliphatic rings. The first-order valence-electron chi connectivity index (χ1n) is 6.84. The summed E-state index contributed by atoms with van der Waals surface area (Å²) in [7, 11) is 0. The van der Waals surface area contributed by atoms with Crippen molar-refractivity contribution in [3.8, 4) is 0 Å². The number of nitrogens with one attached hydrogen (secondary N) is 1. The fourth-order valence-electron chi connectivity index (χ4n) is 2.52. The molecule has 1 aromatic rings. The van der Waals surface area contributed by atoms with Gasteiger partial charge >= 0.3 is 0 Å². The Balaban J connectivity index is 1.60. The van der Waals surface area contributed by atoms with Gasteiger partial charge in [0.25, 0.3) is 0 Å². The minimum absolute atomic E-state index is 0.665. The Morgan fingerprint density at radius 3 is 2.82 bits per heavy atom.